The summed E-state index contributed by atoms with van der Waals surface area (Å²) in [6, 6.07) is 9.62. The number of carbonyl (C=O) groups excluding carboxylic acids is 1. The molecule has 11 nitrogen and oxygen atoms in total. The van der Waals surface area contributed by atoms with Crippen LogP contribution in [0.25, 0.3) is 11.0 Å². The SMILES string of the molecule is O=C(O)C(=O)O.O=C(c1ccno1)N1CCN(Cc2nc3ccccc3[nH]2)CC1. The van der Waals surface area contributed by atoms with E-state index in [-0.39, 0.29) is 5.91 Å². The van der Waals surface area contributed by atoms with Crippen LogP contribution in [0.3, 0.4) is 0 Å². The number of fused-ring (bicyclic) bond motifs is 1. The summed E-state index contributed by atoms with van der Waals surface area (Å²) in [5.74, 6) is -2.48. The Kier molecular flexibility index (Phi) is 6.19. The molecule has 1 aromatic carbocycles. The number of carboxylic acid groups (broad SMARTS) is 2. The molecule has 1 amide bonds. The van der Waals surface area contributed by atoms with Crippen LogP contribution >= 0.6 is 0 Å². The molecule has 0 spiro atoms. The maximum absolute atomic E-state index is 12.2. The van der Waals surface area contributed by atoms with Crippen LogP contribution in [-0.4, -0.2) is 79.2 Å². The highest BCUT2D eigenvalue weighted by molar-refractivity contribution is 6.27. The molecule has 2 aromatic heterocycles. The predicted octanol–water partition coefficient (Wildman–Crippen LogP) is 0.664. The molecule has 1 saturated heterocycles. The summed E-state index contributed by atoms with van der Waals surface area (Å²) in [5.41, 5.74) is 2.04. The van der Waals surface area contributed by atoms with Gasteiger partial charge >= 0.3 is 11.9 Å². The lowest BCUT2D eigenvalue weighted by molar-refractivity contribution is -0.159. The Morgan fingerprint density at radius 3 is 2.31 bits per heavy atom. The van der Waals surface area contributed by atoms with Gasteiger partial charge in [-0.2, -0.15) is 0 Å². The number of aromatic amines is 1. The number of nitrogens with one attached hydrogen (secondary N) is 1. The maximum Gasteiger partial charge on any atom is 0.414 e. The molecule has 0 unspecified atom stereocenters. The van der Waals surface area contributed by atoms with E-state index in [1.54, 1.807) is 11.0 Å². The quantitative estimate of drug-likeness (QED) is 0.537. The number of amides is 1. The van der Waals surface area contributed by atoms with Crippen LogP contribution in [-0.2, 0) is 16.1 Å². The van der Waals surface area contributed by atoms with Gasteiger partial charge in [0.25, 0.3) is 5.91 Å². The third-order valence-corrected chi connectivity index (χ3v) is 4.30. The Morgan fingerprint density at radius 2 is 1.72 bits per heavy atom. The highest BCUT2D eigenvalue weighted by Gasteiger charge is 2.24. The van der Waals surface area contributed by atoms with Crippen molar-refractivity contribution >= 4 is 28.9 Å². The lowest BCUT2D eigenvalue weighted by Gasteiger charge is -2.33. The average molecular weight is 401 g/mol. The summed E-state index contributed by atoms with van der Waals surface area (Å²) >= 11 is 0. The number of nitrogens with zero attached hydrogens (tertiary/aromatic N) is 4. The fraction of sp³-hybridized carbons (Fsp3) is 0.278. The van der Waals surface area contributed by atoms with Crippen molar-refractivity contribution in [2.45, 2.75) is 6.54 Å². The average Bonchev–Trinajstić information content (AvgIpc) is 3.38. The zero-order valence-corrected chi connectivity index (χ0v) is 15.3. The second-order valence-electron chi connectivity index (χ2n) is 6.26. The maximum atomic E-state index is 12.2. The van der Waals surface area contributed by atoms with Gasteiger partial charge < -0.3 is 24.6 Å². The highest BCUT2D eigenvalue weighted by atomic mass is 16.5. The standard InChI is InChI=1S/C16H17N5O2.C2H2O4/c22-16(14-5-6-17-23-14)21-9-7-20(8-10-21)11-15-18-12-3-1-2-4-13(12)19-15;3-1(4)2(5)6/h1-6H,7-11H2,(H,18,19);(H,3,4)(H,5,6). The Morgan fingerprint density at radius 1 is 1.03 bits per heavy atom. The number of aliphatic carboxylic acids is 2. The van der Waals surface area contributed by atoms with Gasteiger partial charge in [-0.15, -0.1) is 0 Å². The highest BCUT2D eigenvalue weighted by Crippen LogP contribution is 2.14. The fourth-order valence-corrected chi connectivity index (χ4v) is 2.88. The van der Waals surface area contributed by atoms with Crippen LogP contribution in [0.4, 0.5) is 0 Å². The molecule has 4 rings (SSSR count). The predicted molar refractivity (Wildman–Crippen MR) is 99.0 cm³/mol. The number of imidazole rings is 1. The molecule has 29 heavy (non-hydrogen) atoms. The molecule has 0 saturated carbocycles. The van der Waals surface area contributed by atoms with Crippen molar-refractivity contribution in [3.05, 3.63) is 48.1 Å². The zero-order chi connectivity index (χ0) is 20.8. The number of hydrogen-bond acceptors (Lipinski definition) is 7. The van der Waals surface area contributed by atoms with E-state index in [0.29, 0.717) is 18.8 Å². The Hall–Kier alpha value is -3.73. The van der Waals surface area contributed by atoms with E-state index >= 15 is 0 Å². The minimum Gasteiger partial charge on any atom is -0.473 e. The van der Waals surface area contributed by atoms with E-state index in [9.17, 15) is 4.79 Å². The number of H-pyrrole nitrogens is 1. The number of piperazine rings is 1. The number of benzene rings is 1. The van der Waals surface area contributed by atoms with E-state index in [1.165, 1.54) is 6.20 Å². The lowest BCUT2D eigenvalue weighted by Crippen LogP contribution is -2.48. The molecule has 152 valence electrons. The van der Waals surface area contributed by atoms with Crippen LogP contribution in [0.1, 0.15) is 16.4 Å². The zero-order valence-electron chi connectivity index (χ0n) is 15.3. The van der Waals surface area contributed by atoms with E-state index in [1.807, 2.05) is 24.3 Å². The fourth-order valence-electron chi connectivity index (χ4n) is 2.88. The molecule has 0 atom stereocenters. The molecule has 1 aliphatic rings. The summed E-state index contributed by atoms with van der Waals surface area (Å²) in [4.78, 5) is 42.4. The van der Waals surface area contributed by atoms with Crippen molar-refractivity contribution in [2.24, 2.45) is 0 Å². The minimum atomic E-state index is -1.82. The van der Waals surface area contributed by atoms with Crippen LogP contribution in [0, 0.1) is 0 Å². The van der Waals surface area contributed by atoms with Crippen molar-refractivity contribution in [3.8, 4) is 0 Å². The minimum absolute atomic E-state index is 0.0918. The summed E-state index contributed by atoms with van der Waals surface area (Å²) in [6.45, 7) is 3.76. The van der Waals surface area contributed by atoms with Gasteiger partial charge in [0.2, 0.25) is 5.76 Å². The van der Waals surface area contributed by atoms with Gasteiger partial charge in [-0.3, -0.25) is 9.69 Å². The Labute approximate surface area is 164 Å². The largest absolute Gasteiger partial charge is 0.473 e. The van der Waals surface area contributed by atoms with Crippen molar-refractivity contribution in [3.63, 3.8) is 0 Å². The Balaban J connectivity index is 0.000000353. The summed E-state index contributed by atoms with van der Waals surface area (Å²) in [5, 5.41) is 18.4. The second-order valence-corrected chi connectivity index (χ2v) is 6.26. The van der Waals surface area contributed by atoms with Gasteiger partial charge in [-0.25, -0.2) is 14.6 Å². The third-order valence-electron chi connectivity index (χ3n) is 4.30. The van der Waals surface area contributed by atoms with Crippen molar-refractivity contribution in [1.82, 2.24) is 24.9 Å². The number of para-hydroxylation sites is 2. The number of hydrogen-bond donors (Lipinski definition) is 3. The Bertz CT molecular complexity index is 946. The lowest BCUT2D eigenvalue weighted by atomic mass is 10.3. The summed E-state index contributed by atoms with van der Waals surface area (Å²) < 4.78 is 4.93. The molecule has 3 aromatic rings. The monoisotopic (exact) mass is 401 g/mol. The smallest absolute Gasteiger partial charge is 0.414 e. The molecular weight excluding hydrogens is 382 g/mol. The second kappa shape index (κ2) is 8.97. The normalized spacial score (nSPS) is 14.3. The first-order valence-electron chi connectivity index (χ1n) is 8.76. The van der Waals surface area contributed by atoms with Crippen LogP contribution in [0.5, 0.6) is 0 Å². The topological polar surface area (TPSA) is 153 Å². The van der Waals surface area contributed by atoms with E-state index in [4.69, 9.17) is 24.3 Å². The molecular formula is C18H19N5O6. The van der Waals surface area contributed by atoms with Crippen molar-refractivity contribution in [1.29, 1.82) is 0 Å². The van der Waals surface area contributed by atoms with Gasteiger partial charge in [-0.05, 0) is 12.1 Å². The van der Waals surface area contributed by atoms with Crippen LogP contribution in [0.2, 0.25) is 0 Å². The molecule has 0 radical (unpaired) electrons. The molecule has 3 heterocycles. The molecule has 1 aliphatic heterocycles. The van der Waals surface area contributed by atoms with Gasteiger partial charge in [0.1, 0.15) is 5.82 Å². The van der Waals surface area contributed by atoms with Crippen molar-refractivity contribution < 1.29 is 29.1 Å². The first kappa shape index (κ1) is 20.0. The van der Waals surface area contributed by atoms with Gasteiger partial charge in [0, 0.05) is 32.2 Å². The van der Waals surface area contributed by atoms with Crippen LogP contribution in [0.15, 0.2) is 41.1 Å². The number of carboxylic acids is 2. The van der Waals surface area contributed by atoms with Crippen molar-refractivity contribution in [2.75, 3.05) is 26.2 Å². The van der Waals surface area contributed by atoms with Gasteiger partial charge in [-0.1, -0.05) is 17.3 Å². The number of rotatable bonds is 3. The summed E-state index contributed by atoms with van der Waals surface area (Å²) in [6.07, 6.45) is 1.49. The summed E-state index contributed by atoms with van der Waals surface area (Å²) in [7, 11) is 0. The van der Waals surface area contributed by atoms with E-state index in [0.717, 1.165) is 36.5 Å². The third kappa shape index (κ3) is 5.17. The van der Waals surface area contributed by atoms with Crippen LogP contribution < -0.4 is 0 Å². The molecule has 3 N–H and O–H groups in total. The molecule has 0 aliphatic carbocycles. The molecule has 1 fully saturated rings. The number of carbonyl (C=O) groups is 3. The van der Waals surface area contributed by atoms with E-state index < -0.39 is 11.9 Å². The van der Waals surface area contributed by atoms with Gasteiger partial charge in [0.15, 0.2) is 0 Å². The molecule has 11 heteroatoms. The van der Waals surface area contributed by atoms with E-state index in [2.05, 4.69) is 20.0 Å². The first-order chi connectivity index (χ1) is 13.9. The first-order valence-corrected chi connectivity index (χ1v) is 8.76. The van der Waals surface area contributed by atoms with Gasteiger partial charge in [0.05, 0.1) is 23.8 Å². The number of aromatic nitrogens is 3. The molecule has 0 bridgehead atoms.